The summed E-state index contributed by atoms with van der Waals surface area (Å²) in [6.45, 7) is 17.7. The maximum atomic E-state index is 15.4. The zero-order chi connectivity index (χ0) is 59.3. The maximum absolute atomic E-state index is 15.4. The summed E-state index contributed by atoms with van der Waals surface area (Å²) in [5.74, 6) is -11.3. The van der Waals surface area contributed by atoms with Crippen LogP contribution in [0.2, 0.25) is 0 Å². The highest BCUT2D eigenvalue weighted by atomic mass is 19.1. The Balaban J connectivity index is 1.37. The van der Waals surface area contributed by atoms with Crippen LogP contribution in [0.25, 0.3) is 0 Å². The molecule has 4 amide bonds. The summed E-state index contributed by atoms with van der Waals surface area (Å²) in [6, 6.07) is -2.19. The Bertz CT molecular complexity index is 2450. The van der Waals surface area contributed by atoms with Gasteiger partial charge in [0, 0.05) is 61.8 Å². The van der Waals surface area contributed by atoms with Crippen LogP contribution < -0.4 is 21.4 Å². The molecule has 0 radical (unpaired) electrons. The fourth-order valence-electron chi connectivity index (χ4n) is 11.4. The van der Waals surface area contributed by atoms with Crippen LogP contribution in [0.4, 0.5) is 8.78 Å². The number of aromatic hydroxyl groups is 1. The van der Waals surface area contributed by atoms with Gasteiger partial charge in [-0.1, -0.05) is 104 Å². The fourth-order valence-corrected chi connectivity index (χ4v) is 11.4. The lowest BCUT2D eigenvalue weighted by atomic mass is 9.69. The van der Waals surface area contributed by atoms with Gasteiger partial charge in [-0.15, -0.1) is 0 Å². The van der Waals surface area contributed by atoms with E-state index in [1.54, 1.807) is 45.1 Å². The summed E-state index contributed by atoms with van der Waals surface area (Å²) in [4.78, 5) is 82.1. The Hall–Kier alpha value is -5.38. The summed E-state index contributed by atoms with van der Waals surface area (Å²) in [5.41, 5.74) is 2.20. The standard InChI is InChI=1S/C60H89F2N5O13/c1-11-40-29-35(6)60(65-55(40)74)39(10)52(71)38(9)49(80-60)31-47(70)33(4)19-14-12-15-20-34(5)48-23-17-13-16-22-46(69)37(8)53(72)42(26-24-36(7)68)56(75)64-51(32(2)3)57(76)63-45(30-41-25-27-43(61)54(73)50(41)62)58(77)67-28-18-21-44(66-67)59(78)79-48/h12-13,15-17,20,22,25,27,32-33,35,37-40,42,44-49,51-53,66,69-73H,11,14,18-19,21,23-24,26,28-31H2,1-10H3,(H,63,76)(H,64,75)(H,65,74). The number of aliphatic hydroxyl groups is 4. The third-order valence-corrected chi connectivity index (χ3v) is 17.1. The van der Waals surface area contributed by atoms with Gasteiger partial charge in [0.15, 0.2) is 17.4 Å². The predicted octanol–water partition coefficient (Wildman–Crippen LogP) is 5.69. The number of Topliss-reactive ketones (excluding diaryl/α,β-unsaturated/α-hetero) is 1. The monoisotopic (exact) mass is 1130 g/mol. The summed E-state index contributed by atoms with van der Waals surface area (Å²) >= 11 is 0. The number of halogens is 2. The molecule has 0 saturated carbocycles. The molecule has 5 rings (SSSR count). The van der Waals surface area contributed by atoms with Gasteiger partial charge in [0.25, 0.3) is 5.91 Å². The molecule has 17 atom stereocenters. The Morgan fingerprint density at radius 1 is 0.950 bits per heavy atom. The highest BCUT2D eigenvalue weighted by Crippen LogP contribution is 2.46. The number of piperidine rings is 1. The second-order valence-electron chi connectivity index (χ2n) is 23.4. The molecule has 1 aromatic carbocycles. The van der Waals surface area contributed by atoms with Gasteiger partial charge in [0.2, 0.25) is 17.7 Å². The molecule has 2 bridgehead atoms. The van der Waals surface area contributed by atoms with Gasteiger partial charge in [0.1, 0.15) is 35.7 Å². The number of ketones is 1. The first-order valence-electron chi connectivity index (χ1n) is 28.6. The van der Waals surface area contributed by atoms with Gasteiger partial charge < -0.3 is 55.8 Å². The van der Waals surface area contributed by atoms with Crippen molar-refractivity contribution in [3.8, 4) is 5.75 Å². The average molecular weight is 1130 g/mol. The highest BCUT2D eigenvalue weighted by Gasteiger charge is 2.57. The molecule has 20 heteroatoms. The van der Waals surface area contributed by atoms with E-state index in [4.69, 9.17) is 9.47 Å². The van der Waals surface area contributed by atoms with Gasteiger partial charge >= 0.3 is 5.97 Å². The maximum Gasteiger partial charge on any atom is 0.325 e. The van der Waals surface area contributed by atoms with E-state index in [2.05, 4.69) is 21.4 Å². The number of nitrogens with one attached hydrogen (secondary N) is 4. The number of hydrogen-bond acceptors (Lipinski definition) is 14. The molecule has 9 N–H and O–H groups in total. The van der Waals surface area contributed by atoms with Crippen LogP contribution in [0.3, 0.4) is 0 Å². The molecule has 80 heavy (non-hydrogen) atoms. The summed E-state index contributed by atoms with van der Waals surface area (Å²) in [6.07, 6.45) is 8.93. The lowest BCUT2D eigenvalue weighted by molar-refractivity contribution is -0.267. The molecule has 18 nitrogen and oxygen atoms in total. The second-order valence-corrected chi connectivity index (χ2v) is 23.4. The van der Waals surface area contributed by atoms with Crippen molar-refractivity contribution in [2.45, 2.75) is 200 Å². The number of benzene rings is 1. The van der Waals surface area contributed by atoms with Gasteiger partial charge in [-0.2, -0.15) is 0 Å². The number of ether oxygens (including phenoxy) is 2. The summed E-state index contributed by atoms with van der Waals surface area (Å²) in [7, 11) is 0. The lowest BCUT2D eigenvalue weighted by Gasteiger charge is -2.56. The van der Waals surface area contributed by atoms with Gasteiger partial charge in [-0.3, -0.25) is 29.0 Å². The Morgan fingerprint density at radius 3 is 2.34 bits per heavy atom. The van der Waals surface area contributed by atoms with Gasteiger partial charge in [-0.05, 0) is 87.8 Å². The van der Waals surface area contributed by atoms with Crippen LogP contribution in [0.5, 0.6) is 5.75 Å². The third kappa shape index (κ3) is 16.4. The first-order valence-corrected chi connectivity index (χ1v) is 28.6. The number of carbonyl (C=O) groups excluding carboxylic acids is 6. The first-order chi connectivity index (χ1) is 37.7. The van der Waals surface area contributed by atoms with Crippen molar-refractivity contribution in [2.24, 2.45) is 47.3 Å². The molecular formula is C60H89F2N5O13. The largest absolute Gasteiger partial charge is 0.503 e. The fraction of sp³-hybridized carbons (Fsp3) is 0.667. The normalized spacial score (nSPS) is 33.6. The van der Waals surface area contributed by atoms with Crippen LogP contribution in [-0.4, -0.2) is 133 Å². The number of nitrogens with zero attached hydrogens (tertiary/aromatic N) is 1. The number of cyclic esters (lactones) is 1. The molecule has 0 aliphatic carbocycles. The van der Waals surface area contributed by atoms with E-state index in [0.717, 1.165) is 17.1 Å². The number of phenolic OH excluding ortho intramolecular Hbond substituents is 1. The first kappa shape index (κ1) is 65.4. The molecule has 4 heterocycles. The van der Waals surface area contributed by atoms with Crippen molar-refractivity contribution < 1.29 is 72.6 Å². The molecule has 0 aromatic heterocycles. The van der Waals surface area contributed by atoms with E-state index in [0.29, 0.717) is 37.7 Å². The zero-order valence-corrected chi connectivity index (χ0v) is 48.2. The molecule has 3 fully saturated rings. The van der Waals surface area contributed by atoms with Crippen LogP contribution in [-0.2, 0) is 44.7 Å². The number of carbonyl (C=O) groups is 6. The van der Waals surface area contributed by atoms with Crippen molar-refractivity contribution in [1.29, 1.82) is 0 Å². The number of amides is 4. The molecule has 4 aliphatic rings. The number of fused-ring (bicyclic) bond motifs is 2. The van der Waals surface area contributed by atoms with Crippen molar-refractivity contribution in [3.63, 3.8) is 0 Å². The SMILES string of the molecule is CCC1CC(C)C2(NC1=O)OC(CC(O)C(C)CCC=CC=C(C)C1CC=CC=CC(O)C(C)C(O)C(CCC(C)=O)C(=O)NC(C(C)C)C(=O)NC(Cc3ccc(F)c(O)c3F)C(=O)N3CCCC(N3)C(=O)O1)C(C)C(O)C2C. The van der Waals surface area contributed by atoms with Crippen molar-refractivity contribution in [3.05, 3.63) is 77.4 Å². The highest BCUT2D eigenvalue weighted by molar-refractivity contribution is 5.93. The minimum Gasteiger partial charge on any atom is -0.503 e. The van der Waals surface area contributed by atoms with E-state index < -0.39 is 126 Å². The minimum absolute atomic E-state index is 0.0442. The number of aliphatic hydroxyl groups excluding tert-OH is 4. The second kappa shape index (κ2) is 29.6. The van der Waals surface area contributed by atoms with Crippen molar-refractivity contribution in [2.75, 3.05) is 6.54 Å². The van der Waals surface area contributed by atoms with Gasteiger partial charge in [-0.25, -0.2) is 14.2 Å². The molecule has 3 saturated heterocycles. The molecule has 4 aliphatic heterocycles. The smallest absolute Gasteiger partial charge is 0.325 e. The van der Waals surface area contributed by atoms with Crippen LogP contribution >= 0.6 is 0 Å². The molecule has 1 aromatic rings. The zero-order valence-electron chi connectivity index (χ0n) is 48.2. The number of phenols is 1. The number of allylic oxidation sites excluding steroid dienone is 5. The molecule has 446 valence electrons. The van der Waals surface area contributed by atoms with Crippen LogP contribution in [0.15, 0.2) is 60.2 Å². The van der Waals surface area contributed by atoms with Gasteiger partial charge in [0.05, 0.1) is 36.4 Å². The minimum atomic E-state index is -1.60. The average Bonchev–Trinajstić information content (AvgIpc) is 3.63. The van der Waals surface area contributed by atoms with E-state index in [9.17, 15) is 58.7 Å². The van der Waals surface area contributed by atoms with Crippen molar-refractivity contribution in [1.82, 2.24) is 26.4 Å². The van der Waals surface area contributed by atoms with Crippen LogP contribution in [0.1, 0.15) is 139 Å². The van der Waals surface area contributed by atoms with Crippen LogP contribution in [0, 0.1) is 59.0 Å². The Morgan fingerprint density at radius 2 is 1.66 bits per heavy atom. The number of esters is 1. The van der Waals surface area contributed by atoms with E-state index in [-0.39, 0.29) is 85.5 Å². The van der Waals surface area contributed by atoms with E-state index in [1.165, 1.54) is 19.9 Å². The Kier molecular flexibility index (Phi) is 24.2. The molecule has 17 unspecified atom stereocenters. The topological polar surface area (TPSA) is 273 Å². The van der Waals surface area contributed by atoms with E-state index >= 15 is 4.39 Å². The Labute approximate surface area is 470 Å². The summed E-state index contributed by atoms with van der Waals surface area (Å²) in [5, 5.41) is 65.3. The molecular weight excluding hydrogens is 1040 g/mol. The quantitative estimate of drug-likeness (QED) is 0.0755. The predicted molar refractivity (Wildman–Crippen MR) is 295 cm³/mol. The van der Waals surface area contributed by atoms with E-state index in [1.807, 2.05) is 46.8 Å². The number of hydrazine groups is 1. The summed E-state index contributed by atoms with van der Waals surface area (Å²) < 4.78 is 42.4. The number of rotatable bonds is 15. The van der Waals surface area contributed by atoms with Crippen molar-refractivity contribution >= 4 is 35.4 Å². The third-order valence-electron chi connectivity index (χ3n) is 17.1. The lowest BCUT2D eigenvalue weighted by Crippen LogP contribution is -2.71. The number of hydrogen-bond donors (Lipinski definition) is 9. The molecule has 1 spiro atoms.